The topological polar surface area (TPSA) is 30.5 Å². The van der Waals surface area contributed by atoms with Crippen LogP contribution in [0.15, 0.2) is 0 Å². The minimum atomic E-state index is 0.567. The zero-order valence-electron chi connectivity index (χ0n) is 13.6. The van der Waals surface area contributed by atoms with Gasteiger partial charge < -0.3 is 14.8 Å². The predicted octanol–water partition coefficient (Wildman–Crippen LogP) is 3.23. The molecule has 3 heteroatoms. The van der Waals surface area contributed by atoms with Gasteiger partial charge >= 0.3 is 0 Å². The van der Waals surface area contributed by atoms with E-state index in [2.05, 4.69) is 19.2 Å². The Morgan fingerprint density at radius 1 is 1.20 bits per heavy atom. The van der Waals surface area contributed by atoms with Gasteiger partial charge in [-0.05, 0) is 49.4 Å². The molecule has 118 valence electrons. The Kier molecular flexibility index (Phi) is 6.31. The fourth-order valence-corrected chi connectivity index (χ4v) is 4.35. The van der Waals surface area contributed by atoms with E-state index in [1.165, 1.54) is 45.1 Å². The van der Waals surface area contributed by atoms with Crippen LogP contribution < -0.4 is 5.32 Å². The quantitative estimate of drug-likeness (QED) is 0.624. The highest BCUT2D eigenvalue weighted by Crippen LogP contribution is 2.57. The molecule has 2 aliphatic carbocycles. The van der Waals surface area contributed by atoms with Crippen LogP contribution in [0.4, 0.5) is 0 Å². The molecule has 0 heterocycles. The molecule has 0 aromatic heterocycles. The van der Waals surface area contributed by atoms with E-state index in [9.17, 15) is 0 Å². The molecule has 0 saturated heterocycles. The van der Waals surface area contributed by atoms with E-state index < -0.39 is 0 Å². The number of hydrogen-bond acceptors (Lipinski definition) is 3. The molecule has 3 nitrogen and oxygen atoms in total. The molecule has 3 atom stereocenters. The summed E-state index contributed by atoms with van der Waals surface area (Å²) in [5, 5.41) is 3.71. The van der Waals surface area contributed by atoms with Crippen molar-refractivity contribution >= 4 is 0 Å². The van der Waals surface area contributed by atoms with Gasteiger partial charge in [-0.3, -0.25) is 0 Å². The van der Waals surface area contributed by atoms with Gasteiger partial charge in [0, 0.05) is 26.3 Å². The normalized spacial score (nSPS) is 32.4. The Morgan fingerprint density at radius 2 is 2.05 bits per heavy atom. The number of fused-ring (bicyclic) bond motifs is 2. The van der Waals surface area contributed by atoms with Crippen LogP contribution in [0.25, 0.3) is 0 Å². The Balaban J connectivity index is 1.75. The molecule has 2 saturated carbocycles. The zero-order valence-corrected chi connectivity index (χ0v) is 13.6. The van der Waals surface area contributed by atoms with Gasteiger partial charge in [-0.1, -0.05) is 20.3 Å². The van der Waals surface area contributed by atoms with Crippen molar-refractivity contribution in [3.05, 3.63) is 0 Å². The minimum Gasteiger partial charge on any atom is -0.382 e. The van der Waals surface area contributed by atoms with Crippen molar-refractivity contribution in [2.75, 3.05) is 33.5 Å². The Morgan fingerprint density at radius 3 is 2.65 bits per heavy atom. The van der Waals surface area contributed by atoms with Crippen LogP contribution in [0.2, 0.25) is 0 Å². The van der Waals surface area contributed by atoms with E-state index >= 15 is 0 Å². The molecular weight excluding hydrogens is 250 g/mol. The average molecular weight is 283 g/mol. The van der Waals surface area contributed by atoms with Crippen molar-refractivity contribution in [2.45, 2.75) is 58.4 Å². The second kappa shape index (κ2) is 7.77. The number of nitrogens with one attached hydrogen (secondary N) is 1. The van der Waals surface area contributed by atoms with Crippen molar-refractivity contribution in [3.8, 4) is 0 Å². The second-order valence-electron chi connectivity index (χ2n) is 7.19. The third-order valence-electron chi connectivity index (χ3n) is 5.36. The zero-order chi connectivity index (χ0) is 14.4. The summed E-state index contributed by atoms with van der Waals surface area (Å²) in [6, 6.07) is 0.601. The molecule has 0 aromatic carbocycles. The van der Waals surface area contributed by atoms with Gasteiger partial charge in [-0.15, -0.1) is 0 Å². The summed E-state index contributed by atoms with van der Waals surface area (Å²) in [6.45, 7) is 8.07. The summed E-state index contributed by atoms with van der Waals surface area (Å²) in [7, 11) is 1.73. The molecule has 0 spiro atoms. The number of methoxy groups -OCH3 is 1. The molecule has 2 fully saturated rings. The first-order valence-corrected chi connectivity index (χ1v) is 8.46. The van der Waals surface area contributed by atoms with Gasteiger partial charge in [-0.25, -0.2) is 0 Å². The average Bonchev–Trinajstić information content (AvgIpc) is 3.01. The lowest BCUT2D eigenvalue weighted by Crippen LogP contribution is -2.41. The van der Waals surface area contributed by atoms with Gasteiger partial charge in [0.2, 0.25) is 0 Å². The van der Waals surface area contributed by atoms with E-state index in [-0.39, 0.29) is 0 Å². The van der Waals surface area contributed by atoms with Crippen molar-refractivity contribution in [1.29, 1.82) is 0 Å². The van der Waals surface area contributed by atoms with Crippen molar-refractivity contribution in [3.63, 3.8) is 0 Å². The first-order valence-electron chi connectivity index (χ1n) is 8.46. The molecule has 0 amide bonds. The molecular formula is C17H33NO2. The van der Waals surface area contributed by atoms with E-state index in [0.29, 0.717) is 18.1 Å². The van der Waals surface area contributed by atoms with E-state index in [0.717, 1.165) is 25.0 Å². The molecule has 2 bridgehead atoms. The number of hydrogen-bond donors (Lipinski definition) is 1. The number of rotatable bonds is 10. The van der Waals surface area contributed by atoms with E-state index in [4.69, 9.17) is 9.47 Å². The molecule has 2 rings (SSSR count). The van der Waals surface area contributed by atoms with Crippen LogP contribution in [0.1, 0.15) is 52.4 Å². The van der Waals surface area contributed by atoms with E-state index in [1.54, 1.807) is 7.11 Å². The van der Waals surface area contributed by atoms with Crippen molar-refractivity contribution < 1.29 is 9.47 Å². The largest absolute Gasteiger partial charge is 0.382 e. The summed E-state index contributed by atoms with van der Waals surface area (Å²) in [6.07, 6.45) is 8.43. The smallest absolute Gasteiger partial charge is 0.0700 e. The van der Waals surface area contributed by atoms with Gasteiger partial charge in [0.05, 0.1) is 13.2 Å². The standard InChI is InChI=1S/C17H33NO2/c1-14(2)18-13-17(7-4-8-20-10-9-19-3)12-15-5-6-16(17)11-15/h14-16,18H,4-13H2,1-3H3. The van der Waals surface area contributed by atoms with Crippen molar-refractivity contribution in [2.24, 2.45) is 17.3 Å². The highest BCUT2D eigenvalue weighted by molar-refractivity contribution is 5.01. The Labute approximate surface area is 124 Å². The minimum absolute atomic E-state index is 0.567. The van der Waals surface area contributed by atoms with E-state index in [1.807, 2.05) is 0 Å². The maximum Gasteiger partial charge on any atom is 0.0700 e. The molecule has 0 aliphatic heterocycles. The van der Waals surface area contributed by atoms with Crippen LogP contribution in [-0.2, 0) is 9.47 Å². The van der Waals surface area contributed by atoms with Crippen LogP contribution in [0.3, 0.4) is 0 Å². The SMILES string of the molecule is COCCOCCCC1(CNC(C)C)CC2CCC1C2. The summed E-state index contributed by atoms with van der Waals surface area (Å²) >= 11 is 0. The summed E-state index contributed by atoms with van der Waals surface area (Å²) in [4.78, 5) is 0. The first-order chi connectivity index (χ1) is 9.66. The van der Waals surface area contributed by atoms with Crippen LogP contribution in [0.5, 0.6) is 0 Å². The molecule has 0 aromatic rings. The van der Waals surface area contributed by atoms with Gasteiger partial charge in [0.25, 0.3) is 0 Å². The highest BCUT2D eigenvalue weighted by Gasteiger charge is 2.49. The maximum atomic E-state index is 5.64. The molecule has 20 heavy (non-hydrogen) atoms. The Hall–Kier alpha value is -0.120. The lowest BCUT2D eigenvalue weighted by molar-refractivity contribution is 0.0563. The van der Waals surface area contributed by atoms with Crippen LogP contribution >= 0.6 is 0 Å². The van der Waals surface area contributed by atoms with Crippen LogP contribution in [-0.4, -0.2) is 39.5 Å². The van der Waals surface area contributed by atoms with Crippen molar-refractivity contribution in [1.82, 2.24) is 5.32 Å². The van der Waals surface area contributed by atoms with Gasteiger partial charge in [0.15, 0.2) is 0 Å². The van der Waals surface area contributed by atoms with Gasteiger partial charge in [0.1, 0.15) is 0 Å². The third kappa shape index (κ3) is 4.19. The Bertz CT molecular complexity index is 282. The summed E-state index contributed by atoms with van der Waals surface area (Å²) in [5.41, 5.74) is 0.567. The predicted molar refractivity (Wildman–Crippen MR) is 82.9 cm³/mol. The third-order valence-corrected chi connectivity index (χ3v) is 5.36. The molecule has 3 unspecified atom stereocenters. The fourth-order valence-electron chi connectivity index (χ4n) is 4.35. The lowest BCUT2D eigenvalue weighted by atomic mass is 9.70. The number of ether oxygens (including phenoxy) is 2. The molecule has 1 N–H and O–H groups in total. The maximum absolute atomic E-state index is 5.64. The first kappa shape index (κ1) is 16.3. The van der Waals surface area contributed by atoms with Gasteiger partial charge in [-0.2, -0.15) is 0 Å². The second-order valence-corrected chi connectivity index (χ2v) is 7.19. The molecule has 0 radical (unpaired) electrons. The van der Waals surface area contributed by atoms with Crippen LogP contribution in [0, 0.1) is 17.3 Å². The summed E-state index contributed by atoms with van der Waals surface area (Å²) < 4.78 is 10.7. The fraction of sp³-hybridized carbons (Fsp3) is 1.00. The monoisotopic (exact) mass is 283 g/mol. The molecule has 2 aliphatic rings. The summed E-state index contributed by atoms with van der Waals surface area (Å²) in [5.74, 6) is 1.99. The highest BCUT2D eigenvalue weighted by atomic mass is 16.5. The lowest BCUT2D eigenvalue weighted by Gasteiger charge is -2.39.